The van der Waals surface area contributed by atoms with Crippen LogP contribution in [0.25, 0.3) is 0 Å². The van der Waals surface area contributed by atoms with Crippen molar-refractivity contribution in [2.24, 2.45) is 0 Å². The van der Waals surface area contributed by atoms with Crippen molar-refractivity contribution in [1.82, 2.24) is 5.32 Å². The lowest BCUT2D eigenvalue weighted by atomic mass is 10.2. The normalized spacial score (nSPS) is 11.9. The van der Waals surface area contributed by atoms with E-state index in [0.29, 0.717) is 6.61 Å². The van der Waals surface area contributed by atoms with Crippen molar-refractivity contribution >= 4 is 11.6 Å². The van der Waals surface area contributed by atoms with Crippen LogP contribution in [0.2, 0.25) is 0 Å². The summed E-state index contributed by atoms with van der Waals surface area (Å²) in [5, 5.41) is 5.72. The van der Waals surface area contributed by atoms with E-state index in [9.17, 15) is 4.79 Å². The van der Waals surface area contributed by atoms with E-state index >= 15 is 0 Å². The van der Waals surface area contributed by atoms with Gasteiger partial charge in [-0.05, 0) is 32.5 Å². The molecule has 0 heterocycles. The van der Waals surface area contributed by atoms with Crippen molar-refractivity contribution in [3.63, 3.8) is 0 Å². The van der Waals surface area contributed by atoms with Gasteiger partial charge in [-0.25, -0.2) is 0 Å². The maximum Gasteiger partial charge on any atom is 0.241 e. The second kappa shape index (κ2) is 6.91. The molecule has 1 unspecified atom stereocenters. The van der Waals surface area contributed by atoms with Crippen molar-refractivity contribution in [2.75, 3.05) is 19.0 Å². The van der Waals surface area contributed by atoms with Crippen molar-refractivity contribution in [3.8, 4) is 5.75 Å². The molecule has 0 aliphatic carbocycles. The Kier molecular flexibility index (Phi) is 5.49. The molecule has 0 saturated heterocycles. The molecule has 1 aromatic carbocycles. The highest BCUT2D eigenvalue weighted by atomic mass is 16.5. The van der Waals surface area contributed by atoms with Crippen LogP contribution < -0.4 is 15.4 Å². The fourth-order valence-corrected chi connectivity index (χ4v) is 1.27. The van der Waals surface area contributed by atoms with Gasteiger partial charge in [0.25, 0.3) is 0 Å². The van der Waals surface area contributed by atoms with E-state index < -0.39 is 0 Å². The zero-order valence-corrected chi connectivity index (χ0v) is 10.6. The first-order valence-corrected chi connectivity index (χ1v) is 5.88. The predicted octanol–water partition coefficient (Wildman–Crippen LogP) is 2.02. The summed E-state index contributed by atoms with van der Waals surface area (Å²) < 4.78 is 5.50. The van der Waals surface area contributed by atoms with Gasteiger partial charge in [0.1, 0.15) is 5.75 Å². The number of hydrogen-bond acceptors (Lipinski definition) is 3. The van der Waals surface area contributed by atoms with Crippen LogP contribution in [0.5, 0.6) is 5.75 Å². The third-order valence-corrected chi connectivity index (χ3v) is 2.40. The summed E-state index contributed by atoms with van der Waals surface area (Å²) in [5.41, 5.74) is 0.755. The standard InChI is InChI=1S/C13H20N2O2/c1-4-8-17-12-7-5-6-11(9-12)15-13(16)10(2)14-3/h5-7,9-10,14H,4,8H2,1-3H3,(H,15,16). The molecule has 17 heavy (non-hydrogen) atoms. The molecule has 0 bridgehead atoms. The van der Waals surface area contributed by atoms with Crippen LogP contribution in [0.1, 0.15) is 20.3 Å². The highest BCUT2D eigenvalue weighted by Gasteiger charge is 2.10. The Labute approximate surface area is 102 Å². The van der Waals surface area contributed by atoms with Crippen LogP contribution in [-0.4, -0.2) is 25.6 Å². The van der Waals surface area contributed by atoms with Crippen molar-refractivity contribution < 1.29 is 9.53 Å². The lowest BCUT2D eigenvalue weighted by molar-refractivity contribution is -0.117. The number of nitrogens with one attached hydrogen (secondary N) is 2. The topological polar surface area (TPSA) is 50.4 Å². The molecule has 0 radical (unpaired) electrons. The molecule has 4 nitrogen and oxygen atoms in total. The molecule has 2 N–H and O–H groups in total. The first-order chi connectivity index (χ1) is 8.17. The Morgan fingerprint density at radius 3 is 2.88 bits per heavy atom. The zero-order valence-electron chi connectivity index (χ0n) is 10.6. The van der Waals surface area contributed by atoms with Crippen LogP contribution >= 0.6 is 0 Å². The lowest BCUT2D eigenvalue weighted by Gasteiger charge is -2.12. The Balaban J connectivity index is 2.62. The lowest BCUT2D eigenvalue weighted by Crippen LogP contribution is -2.35. The summed E-state index contributed by atoms with van der Waals surface area (Å²) in [6.07, 6.45) is 0.966. The molecule has 4 heteroatoms. The summed E-state index contributed by atoms with van der Waals surface area (Å²) in [5.74, 6) is 0.724. The number of benzene rings is 1. The van der Waals surface area contributed by atoms with E-state index in [4.69, 9.17) is 4.74 Å². The van der Waals surface area contributed by atoms with Gasteiger partial charge < -0.3 is 15.4 Å². The quantitative estimate of drug-likeness (QED) is 0.794. The van der Waals surface area contributed by atoms with Crippen LogP contribution in [0.4, 0.5) is 5.69 Å². The number of carbonyl (C=O) groups is 1. The minimum Gasteiger partial charge on any atom is -0.494 e. The number of hydrogen-bond donors (Lipinski definition) is 2. The molecule has 0 fully saturated rings. The largest absolute Gasteiger partial charge is 0.494 e. The first kappa shape index (κ1) is 13.5. The van der Waals surface area contributed by atoms with Crippen molar-refractivity contribution in [2.45, 2.75) is 26.3 Å². The third kappa shape index (κ3) is 4.44. The number of anilines is 1. The van der Waals surface area contributed by atoms with Crippen molar-refractivity contribution in [3.05, 3.63) is 24.3 Å². The van der Waals surface area contributed by atoms with Gasteiger partial charge in [0.15, 0.2) is 0 Å². The summed E-state index contributed by atoms with van der Waals surface area (Å²) in [7, 11) is 1.75. The van der Waals surface area contributed by atoms with E-state index in [2.05, 4.69) is 17.6 Å². The molecule has 1 atom stereocenters. The molecular formula is C13H20N2O2. The van der Waals surface area contributed by atoms with E-state index in [-0.39, 0.29) is 11.9 Å². The molecule has 0 aliphatic heterocycles. The molecule has 0 saturated carbocycles. The van der Waals surface area contributed by atoms with E-state index in [1.807, 2.05) is 31.2 Å². The molecule has 1 aromatic rings. The Morgan fingerprint density at radius 2 is 2.24 bits per heavy atom. The molecule has 1 amide bonds. The van der Waals surface area contributed by atoms with Crippen LogP contribution in [0.3, 0.4) is 0 Å². The minimum absolute atomic E-state index is 0.0554. The van der Waals surface area contributed by atoms with E-state index in [1.165, 1.54) is 0 Å². The van der Waals surface area contributed by atoms with Crippen molar-refractivity contribution in [1.29, 1.82) is 0 Å². The zero-order chi connectivity index (χ0) is 12.7. The van der Waals surface area contributed by atoms with Gasteiger partial charge in [-0.3, -0.25) is 4.79 Å². The first-order valence-electron chi connectivity index (χ1n) is 5.88. The maximum absolute atomic E-state index is 11.7. The number of likely N-dealkylation sites (N-methyl/N-ethyl adjacent to an activating group) is 1. The summed E-state index contributed by atoms with van der Waals surface area (Å²) in [6, 6.07) is 7.21. The van der Waals surface area contributed by atoms with Crippen LogP contribution in [0, 0.1) is 0 Å². The summed E-state index contributed by atoms with van der Waals surface area (Å²) in [6.45, 7) is 4.55. The number of ether oxygens (including phenoxy) is 1. The van der Waals surface area contributed by atoms with Crippen LogP contribution in [-0.2, 0) is 4.79 Å². The van der Waals surface area contributed by atoms with E-state index in [0.717, 1.165) is 17.9 Å². The van der Waals surface area contributed by atoms with Gasteiger partial charge >= 0.3 is 0 Å². The molecule has 0 aliphatic rings. The Bertz CT molecular complexity index is 366. The molecular weight excluding hydrogens is 216 g/mol. The third-order valence-electron chi connectivity index (χ3n) is 2.40. The summed E-state index contributed by atoms with van der Waals surface area (Å²) >= 11 is 0. The second-order valence-corrected chi connectivity index (χ2v) is 3.88. The average Bonchev–Trinajstić information content (AvgIpc) is 2.35. The Hall–Kier alpha value is -1.55. The van der Waals surface area contributed by atoms with Gasteiger partial charge in [0.2, 0.25) is 5.91 Å². The molecule has 94 valence electrons. The van der Waals surface area contributed by atoms with Gasteiger partial charge in [-0.2, -0.15) is 0 Å². The van der Waals surface area contributed by atoms with Gasteiger partial charge in [0.05, 0.1) is 12.6 Å². The van der Waals surface area contributed by atoms with Gasteiger partial charge in [-0.1, -0.05) is 13.0 Å². The smallest absolute Gasteiger partial charge is 0.241 e. The SMILES string of the molecule is CCCOc1cccc(NC(=O)C(C)NC)c1. The highest BCUT2D eigenvalue weighted by molar-refractivity contribution is 5.94. The Morgan fingerprint density at radius 1 is 1.47 bits per heavy atom. The average molecular weight is 236 g/mol. The van der Waals surface area contributed by atoms with Gasteiger partial charge in [0, 0.05) is 11.8 Å². The van der Waals surface area contributed by atoms with E-state index in [1.54, 1.807) is 7.05 Å². The highest BCUT2D eigenvalue weighted by Crippen LogP contribution is 2.17. The molecule has 1 rings (SSSR count). The number of amides is 1. The number of carbonyl (C=O) groups excluding carboxylic acids is 1. The fourth-order valence-electron chi connectivity index (χ4n) is 1.27. The second-order valence-electron chi connectivity index (χ2n) is 3.88. The van der Waals surface area contributed by atoms with Gasteiger partial charge in [-0.15, -0.1) is 0 Å². The van der Waals surface area contributed by atoms with Crippen LogP contribution in [0.15, 0.2) is 24.3 Å². The molecule has 0 spiro atoms. The number of rotatable bonds is 6. The summed E-state index contributed by atoms with van der Waals surface area (Å²) in [4.78, 5) is 11.7. The minimum atomic E-state index is -0.213. The maximum atomic E-state index is 11.7. The predicted molar refractivity (Wildman–Crippen MR) is 69.4 cm³/mol. The monoisotopic (exact) mass is 236 g/mol. The molecule has 0 aromatic heterocycles. The fraction of sp³-hybridized carbons (Fsp3) is 0.462.